The molecule has 0 aromatic carbocycles. The van der Waals surface area contributed by atoms with Crippen molar-refractivity contribution in [1.82, 2.24) is 10.3 Å². The standard InChI is InChI=1S/C10H12BrClN2O2S/c1-6(17(2)16)4-14-10(15)8-3-7(11)5-13-9(8)12/h3,5-6H,4H2,1-2H3,(H,14,15). The van der Waals surface area contributed by atoms with Crippen LogP contribution in [0.5, 0.6) is 0 Å². The summed E-state index contributed by atoms with van der Waals surface area (Å²) < 4.78 is 11.8. The molecule has 1 aromatic heterocycles. The van der Waals surface area contributed by atoms with Gasteiger partial charge in [-0.25, -0.2) is 4.98 Å². The maximum Gasteiger partial charge on any atom is 0.254 e. The van der Waals surface area contributed by atoms with Gasteiger partial charge in [-0.05, 0) is 28.9 Å². The smallest absolute Gasteiger partial charge is 0.254 e. The molecule has 4 nitrogen and oxygen atoms in total. The summed E-state index contributed by atoms with van der Waals surface area (Å²) in [4.78, 5) is 15.6. The zero-order chi connectivity index (χ0) is 13.0. The van der Waals surface area contributed by atoms with Crippen molar-refractivity contribution < 1.29 is 9.00 Å². The van der Waals surface area contributed by atoms with Crippen LogP contribution < -0.4 is 5.32 Å². The topological polar surface area (TPSA) is 59.1 Å². The van der Waals surface area contributed by atoms with Crippen molar-refractivity contribution in [1.29, 1.82) is 0 Å². The van der Waals surface area contributed by atoms with Gasteiger partial charge < -0.3 is 5.32 Å². The molecule has 0 fully saturated rings. The van der Waals surface area contributed by atoms with Crippen LogP contribution in [0.3, 0.4) is 0 Å². The maximum absolute atomic E-state index is 11.8. The zero-order valence-corrected chi connectivity index (χ0v) is 12.5. The molecule has 17 heavy (non-hydrogen) atoms. The van der Waals surface area contributed by atoms with Crippen molar-refractivity contribution in [3.05, 3.63) is 27.5 Å². The van der Waals surface area contributed by atoms with E-state index in [-0.39, 0.29) is 16.3 Å². The lowest BCUT2D eigenvalue weighted by Crippen LogP contribution is -2.32. The highest BCUT2D eigenvalue weighted by Crippen LogP contribution is 2.17. The van der Waals surface area contributed by atoms with Gasteiger partial charge in [-0.3, -0.25) is 9.00 Å². The predicted molar refractivity (Wildman–Crippen MR) is 72.8 cm³/mol. The van der Waals surface area contributed by atoms with Crippen LogP contribution in [-0.4, -0.2) is 33.2 Å². The Hall–Kier alpha value is -0.460. The molecule has 1 rings (SSSR count). The van der Waals surface area contributed by atoms with E-state index in [0.29, 0.717) is 16.6 Å². The number of carbonyl (C=O) groups excluding carboxylic acids is 1. The number of amides is 1. The van der Waals surface area contributed by atoms with Gasteiger partial charge in [-0.15, -0.1) is 0 Å². The van der Waals surface area contributed by atoms with Crippen LogP contribution >= 0.6 is 27.5 Å². The second-order valence-electron chi connectivity index (χ2n) is 3.51. The summed E-state index contributed by atoms with van der Waals surface area (Å²) in [5.74, 6) is -0.318. The van der Waals surface area contributed by atoms with E-state index in [1.165, 1.54) is 6.20 Å². The number of nitrogens with one attached hydrogen (secondary N) is 1. The van der Waals surface area contributed by atoms with E-state index in [9.17, 15) is 9.00 Å². The summed E-state index contributed by atoms with van der Waals surface area (Å²) in [6.07, 6.45) is 3.12. The Balaban J connectivity index is 2.70. The average molecular weight is 340 g/mol. The molecule has 0 aliphatic heterocycles. The summed E-state index contributed by atoms with van der Waals surface area (Å²) >= 11 is 9.03. The number of halogens is 2. The second kappa shape index (κ2) is 6.47. The first-order chi connectivity index (χ1) is 7.91. The third kappa shape index (κ3) is 4.37. The Bertz CT molecular complexity index is 456. The van der Waals surface area contributed by atoms with Crippen LogP contribution in [0.4, 0.5) is 0 Å². The van der Waals surface area contributed by atoms with Gasteiger partial charge in [0.1, 0.15) is 5.15 Å². The largest absolute Gasteiger partial charge is 0.351 e. The monoisotopic (exact) mass is 338 g/mol. The SMILES string of the molecule is CC(CNC(=O)c1cc(Br)cnc1Cl)S(C)=O. The molecule has 1 heterocycles. The fourth-order valence-electron chi connectivity index (χ4n) is 1.03. The van der Waals surface area contributed by atoms with Gasteiger partial charge in [0, 0.05) is 39.5 Å². The summed E-state index contributed by atoms with van der Waals surface area (Å²) in [6.45, 7) is 2.14. The van der Waals surface area contributed by atoms with Crippen molar-refractivity contribution in [2.45, 2.75) is 12.2 Å². The number of aromatic nitrogens is 1. The third-order valence-corrected chi connectivity index (χ3v) is 4.20. The first-order valence-electron chi connectivity index (χ1n) is 4.83. The van der Waals surface area contributed by atoms with E-state index in [4.69, 9.17) is 11.6 Å². The summed E-state index contributed by atoms with van der Waals surface area (Å²) in [5, 5.41) is 2.72. The first-order valence-corrected chi connectivity index (χ1v) is 7.62. The van der Waals surface area contributed by atoms with Gasteiger partial charge in [0.05, 0.1) is 5.56 Å². The van der Waals surface area contributed by atoms with E-state index in [1.54, 1.807) is 19.2 Å². The van der Waals surface area contributed by atoms with Crippen molar-refractivity contribution in [3.63, 3.8) is 0 Å². The van der Waals surface area contributed by atoms with Gasteiger partial charge in [0.15, 0.2) is 0 Å². The third-order valence-electron chi connectivity index (χ3n) is 2.17. The van der Waals surface area contributed by atoms with Crippen LogP contribution in [0, 0.1) is 0 Å². The van der Waals surface area contributed by atoms with Crippen LogP contribution in [0.15, 0.2) is 16.7 Å². The molecule has 1 amide bonds. The fraction of sp³-hybridized carbons (Fsp3) is 0.400. The Kier molecular flexibility index (Phi) is 5.55. The number of nitrogens with zero attached hydrogens (tertiary/aromatic N) is 1. The molecule has 0 bridgehead atoms. The van der Waals surface area contributed by atoms with Gasteiger partial charge in [0.25, 0.3) is 5.91 Å². The minimum absolute atomic E-state index is 0.0992. The number of hydrogen-bond acceptors (Lipinski definition) is 3. The van der Waals surface area contributed by atoms with Crippen LogP contribution in [0.1, 0.15) is 17.3 Å². The lowest BCUT2D eigenvalue weighted by molar-refractivity contribution is 0.0954. The lowest BCUT2D eigenvalue weighted by Gasteiger charge is -2.10. The molecule has 0 aliphatic carbocycles. The van der Waals surface area contributed by atoms with Gasteiger partial charge in [-0.2, -0.15) is 0 Å². The number of carbonyl (C=O) groups is 1. The molecule has 7 heteroatoms. The normalized spacial score (nSPS) is 14.1. The second-order valence-corrected chi connectivity index (χ2v) is 6.59. The van der Waals surface area contributed by atoms with Crippen molar-refractivity contribution in [3.8, 4) is 0 Å². The maximum atomic E-state index is 11.8. The molecule has 0 aliphatic rings. The zero-order valence-electron chi connectivity index (χ0n) is 9.37. The summed E-state index contributed by atoms with van der Waals surface area (Å²) in [5.41, 5.74) is 0.301. The Morgan fingerprint density at radius 1 is 1.71 bits per heavy atom. The Morgan fingerprint density at radius 3 is 2.94 bits per heavy atom. The van der Waals surface area contributed by atoms with Crippen molar-refractivity contribution >= 4 is 44.2 Å². The molecule has 2 atom stereocenters. The Labute approximate surface area is 116 Å². The molecule has 1 aromatic rings. The van der Waals surface area contributed by atoms with E-state index in [0.717, 1.165) is 0 Å². The molecule has 2 unspecified atom stereocenters. The highest BCUT2D eigenvalue weighted by Gasteiger charge is 2.14. The molecule has 0 radical (unpaired) electrons. The fourth-order valence-corrected chi connectivity index (χ4v) is 1.87. The highest BCUT2D eigenvalue weighted by atomic mass is 79.9. The summed E-state index contributed by atoms with van der Waals surface area (Å²) in [6, 6.07) is 1.60. The van der Waals surface area contributed by atoms with E-state index in [1.807, 2.05) is 0 Å². The lowest BCUT2D eigenvalue weighted by atomic mass is 10.2. The van der Waals surface area contributed by atoms with Crippen molar-refractivity contribution in [2.75, 3.05) is 12.8 Å². The molecule has 0 saturated carbocycles. The van der Waals surface area contributed by atoms with E-state index < -0.39 is 10.8 Å². The van der Waals surface area contributed by atoms with E-state index in [2.05, 4.69) is 26.2 Å². The molecule has 94 valence electrons. The summed E-state index contributed by atoms with van der Waals surface area (Å²) in [7, 11) is -0.965. The van der Waals surface area contributed by atoms with Crippen LogP contribution in [0.2, 0.25) is 5.15 Å². The highest BCUT2D eigenvalue weighted by molar-refractivity contribution is 9.10. The first kappa shape index (κ1) is 14.6. The predicted octanol–water partition coefficient (Wildman–Crippen LogP) is 1.99. The van der Waals surface area contributed by atoms with E-state index >= 15 is 0 Å². The van der Waals surface area contributed by atoms with Crippen molar-refractivity contribution in [2.24, 2.45) is 0 Å². The average Bonchev–Trinajstić information content (AvgIpc) is 2.28. The molecular weight excluding hydrogens is 328 g/mol. The van der Waals surface area contributed by atoms with Gasteiger partial charge >= 0.3 is 0 Å². The Morgan fingerprint density at radius 2 is 2.35 bits per heavy atom. The molecule has 0 saturated heterocycles. The number of hydrogen-bond donors (Lipinski definition) is 1. The minimum atomic E-state index is -0.965. The molecular formula is C10H12BrClN2O2S. The van der Waals surface area contributed by atoms with Gasteiger partial charge in [-0.1, -0.05) is 11.6 Å². The minimum Gasteiger partial charge on any atom is -0.351 e. The van der Waals surface area contributed by atoms with Gasteiger partial charge in [0.2, 0.25) is 0 Å². The number of rotatable bonds is 4. The quantitative estimate of drug-likeness (QED) is 0.854. The molecule has 1 N–H and O–H groups in total. The van der Waals surface area contributed by atoms with Crippen LogP contribution in [-0.2, 0) is 10.8 Å². The number of pyridine rings is 1. The van der Waals surface area contributed by atoms with Crippen LogP contribution in [0.25, 0.3) is 0 Å². The molecule has 0 spiro atoms.